The maximum absolute atomic E-state index is 11.6. The van der Waals surface area contributed by atoms with Gasteiger partial charge in [-0.25, -0.2) is 0 Å². The van der Waals surface area contributed by atoms with Crippen molar-refractivity contribution in [1.82, 2.24) is 0 Å². The van der Waals surface area contributed by atoms with Crippen LogP contribution >= 0.6 is 0 Å². The zero-order valence-electron chi connectivity index (χ0n) is 8.80. The Balaban J connectivity index is 1.91. The molecule has 15 heavy (non-hydrogen) atoms. The molecule has 0 aromatic rings. The van der Waals surface area contributed by atoms with Crippen molar-refractivity contribution < 1.29 is 19.1 Å². The van der Waals surface area contributed by atoms with Crippen LogP contribution in [0.4, 0.5) is 0 Å². The lowest BCUT2D eigenvalue weighted by molar-refractivity contribution is -0.149. The number of fused-ring (bicyclic) bond motifs is 1. The number of carbonyl (C=O) groups excluding carboxylic acids is 2. The molecule has 4 nitrogen and oxygen atoms in total. The normalized spacial score (nSPS) is 50.7. The number of rotatable bonds is 1. The minimum atomic E-state index is -0.252. The van der Waals surface area contributed by atoms with Gasteiger partial charge in [-0.3, -0.25) is 9.59 Å². The van der Waals surface area contributed by atoms with E-state index in [4.69, 9.17) is 9.47 Å². The minimum Gasteiger partial charge on any atom is -0.462 e. The Labute approximate surface area is 87.9 Å². The highest BCUT2D eigenvalue weighted by Crippen LogP contribution is 2.58. The summed E-state index contributed by atoms with van der Waals surface area (Å²) in [6, 6.07) is 0. The molecular weight excluding hydrogens is 196 g/mol. The summed E-state index contributed by atoms with van der Waals surface area (Å²) in [5, 5.41) is 0. The molecule has 6 unspecified atom stereocenters. The van der Waals surface area contributed by atoms with Gasteiger partial charge in [0.15, 0.2) is 0 Å². The van der Waals surface area contributed by atoms with E-state index in [2.05, 4.69) is 6.92 Å². The number of ether oxygens (including phenoxy) is 2. The number of hydrogen-bond acceptors (Lipinski definition) is 4. The average molecular weight is 210 g/mol. The van der Waals surface area contributed by atoms with Gasteiger partial charge < -0.3 is 9.47 Å². The lowest BCUT2D eigenvalue weighted by atomic mass is 9.81. The van der Waals surface area contributed by atoms with Gasteiger partial charge >= 0.3 is 11.9 Å². The average Bonchev–Trinajstić information content (AvgIpc) is 2.66. The maximum atomic E-state index is 11.6. The maximum Gasteiger partial charge on any atom is 0.310 e. The second-order valence-corrected chi connectivity index (χ2v) is 4.91. The molecule has 1 saturated heterocycles. The largest absolute Gasteiger partial charge is 0.462 e. The second-order valence-electron chi connectivity index (χ2n) is 4.91. The zero-order chi connectivity index (χ0) is 10.7. The third kappa shape index (κ3) is 1.02. The predicted octanol–water partition coefficient (Wildman–Crippen LogP) is 0.745. The quantitative estimate of drug-likeness (QED) is 0.599. The second kappa shape index (κ2) is 2.74. The van der Waals surface area contributed by atoms with Crippen LogP contribution in [0.5, 0.6) is 0 Å². The van der Waals surface area contributed by atoms with Gasteiger partial charge in [-0.05, 0) is 12.3 Å². The van der Waals surface area contributed by atoms with Gasteiger partial charge in [-0.15, -0.1) is 0 Å². The fourth-order valence-corrected chi connectivity index (χ4v) is 3.71. The third-order valence-corrected chi connectivity index (χ3v) is 4.23. The van der Waals surface area contributed by atoms with Gasteiger partial charge in [0.25, 0.3) is 0 Å². The highest BCUT2D eigenvalue weighted by Gasteiger charge is 2.67. The monoisotopic (exact) mass is 210 g/mol. The van der Waals surface area contributed by atoms with Crippen LogP contribution in [0.1, 0.15) is 20.3 Å². The zero-order valence-corrected chi connectivity index (χ0v) is 8.80. The molecule has 2 aliphatic carbocycles. The predicted molar refractivity (Wildman–Crippen MR) is 49.7 cm³/mol. The van der Waals surface area contributed by atoms with Crippen LogP contribution in [0.15, 0.2) is 0 Å². The fraction of sp³-hybridized carbons (Fsp3) is 0.818. The van der Waals surface area contributed by atoms with Crippen molar-refractivity contribution in [1.29, 1.82) is 0 Å². The molecule has 1 aliphatic heterocycles. The Morgan fingerprint density at radius 1 is 1.53 bits per heavy atom. The summed E-state index contributed by atoms with van der Waals surface area (Å²) in [7, 11) is 0. The van der Waals surface area contributed by atoms with Crippen LogP contribution < -0.4 is 0 Å². The van der Waals surface area contributed by atoms with Crippen molar-refractivity contribution in [3.05, 3.63) is 0 Å². The Kier molecular flexibility index (Phi) is 1.68. The van der Waals surface area contributed by atoms with Gasteiger partial charge in [-0.1, -0.05) is 6.92 Å². The molecule has 0 aromatic carbocycles. The lowest BCUT2D eigenvalue weighted by Crippen LogP contribution is -2.25. The summed E-state index contributed by atoms with van der Waals surface area (Å²) < 4.78 is 10.6. The van der Waals surface area contributed by atoms with Crippen LogP contribution in [0.3, 0.4) is 0 Å². The number of esters is 2. The Bertz CT molecular complexity index is 337. The van der Waals surface area contributed by atoms with E-state index in [1.54, 1.807) is 0 Å². The minimum absolute atomic E-state index is 0.00745. The van der Waals surface area contributed by atoms with Gasteiger partial charge in [0.1, 0.15) is 12.2 Å². The van der Waals surface area contributed by atoms with Crippen molar-refractivity contribution in [3.63, 3.8) is 0 Å². The first-order chi connectivity index (χ1) is 7.09. The number of hydrogen-bond donors (Lipinski definition) is 0. The molecule has 3 rings (SSSR count). The summed E-state index contributed by atoms with van der Waals surface area (Å²) in [5.74, 6) is 0.373. The van der Waals surface area contributed by atoms with E-state index >= 15 is 0 Å². The van der Waals surface area contributed by atoms with Gasteiger partial charge in [0.05, 0.1) is 5.92 Å². The summed E-state index contributed by atoms with van der Waals surface area (Å²) in [5.41, 5.74) is 0. The summed E-state index contributed by atoms with van der Waals surface area (Å²) in [4.78, 5) is 22.6. The molecule has 1 heterocycles. The highest BCUT2D eigenvalue weighted by molar-refractivity contribution is 5.77. The topological polar surface area (TPSA) is 52.6 Å². The van der Waals surface area contributed by atoms with Crippen LogP contribution in [-0.2, 0) is 19.1 Å². The molecule has 2 bridgehead atoms. The SMILES string of the molecule is CC(=O)OC1C2CC3OC(=O)C(C2C)C31. The van der Waals surface area contributed by atoms with E-state index in [1.807, 2.05) is 0 Å². The summed E-state index contributed by atoms with van der Waals surface area (Å²) in [6.07, 6.45) is 0.790. The Hall–Kier alpha value is -1.06. The van der Waals surface area contributed by atoms with Crippen molar-refractivity contribution >= 4 is 11.9 Å². The molecule has 82 valence electrons. The summed E-state index contributed by atoms with van der Waals surface area (Å²) in [6.45, 7) is 3.49. The Morgan fingerprint density at radius 2 is 2.27 bits per heavy atom. The van der Waals surface area contributed by atoms with Crippen molar-refractivity contribution in [2.24, 2.45) is 23.7 Å². The first kappa shape index (κ1) is 9.19. The molecule has 0 N–H and O–H groups in total. The molecule has 2 saturated carbocycles. The first-order valence-electron chi connectivity index (χ1n) is 5.47. The van der Waals surface area contributed by atoms with Gasteiger partial charge in [0, 0.05) is 18.8 Å². The molecule has 3 fully saturated rings. The Morgan fingerprint density at radius 3 is 2.93 bits per heavy atom. The molecule has 0 radical (unpaired) electrons. The van der Waals surface area contributed by atoms with E-state index in [9.17, 15) is 9.59 Å². The van der Waals surface area contributed by atoms with E-state index in [-0.39, 0.29) is 36.0 Å². The summed E-state index contributed by atoms with van der Waals surface area (Å²) >= 11 is 0. The van der Waals surface area contributed by atoms with Gasteiger partial charge in [-0.2, -0.15) is 0 Å². The molecule has 3 aliphatic rings. The van der Waals surface area contributed by atoms with Crippen molar-refractivity contribution in [2.75, 3.05) is 0 Å². The van der Waals surface area contributed by atoms with Gasteiger partial charge in [0.2, 0.25) is 0 Å². The van der Waals surface area contributed by atoms with Crippen LogP contribution in [0.25, 0.3) is 0 Å². The van der Waals surface area contributed by atoms with Crippen LogP contribution in [-0.4, -0.2) is 24.1 Å². The fourth-order valence-electron chi connectivity index (χ4n) is 3.71. The lowest BCUT2D eigenvalue weighted by Gasteiger charge is -2.18. The molecular formula is C11H14O4. The molecule has 4 heteroatoms. The van der Waals surface area contributed by atoms with E-state index in [1.165, 1.54) is 6.92 Å². The molecule has 0 aromatic heterocycles. The van der Waals surface area contributed by atoms with Crippen LogP contribution in [0, 0.1) is 23.7 Å². The smallest absolute Gasteiger partial charge is 0.310 e. The van der Waals surface area contributed by atoms with E-state index in [0.717, 1.165) is 6.42 Å². The van der Waals surface area contributed by atoms with Crippen molar-refractivity contribution in [3.8, 4) is 0 Å². The molecule has 0 spiro atoms. The van der Waals surface area contributed by atoms with Crippen molar-refractivity contribution in [2.45, 2.75) is 32.5 Å². The van der Waals surface area contributed by atoms with E-state index < -0.39 is 0 Å². The van der Waals surface area contributed by atoms with E-state index in [0.29, 0.717) is 11.8 Å². The third-order valence-electron chi connectivity index (χ3n) is 4.23. The molecule has 0 amide bonds. The first-order valence-corrected chi connectivity index (χ1v) is 5.47. The highest BCUT2D eigenvalue weighted by atomic mass is 16.6. The molecule has 6 atom stereocenters. The van der Waals surface area contributed by atoms with Crippen LogP contribution in [0.2, 0.25) is 0 Å². The standard InChI is InChI=1S/C11H14O4/c1-4-6-3-7-9(8(4)11(13)15-7)10(6)14-5(2)12/h4,6-10H,3H2,1-2H3. The number of carbonyl (C=O) groups is 2.